The molecule has 1 aliphatic rings. The van der Waals surface area contributed by atoms with E-state index in [9.17, 15) is 4.79 Å². The molecule has 1 unspecified atom stereocenters. The van der Waals surface area contributed by atoms with Crippen molar-refractivity contribution in [2.45, 2.75) is 6.10 Å². The van der Waals surface area contributed by atoms with Crippen molar-refractivity contribution in [1.82, 2.24) is 0 Å². The number of hydrogen-bond acceptors (Lipinski definition) is 4. The molecule has 0 amide bonds. The Balaban J connectivity index is 2.15. The molecule has 1 atom stereocenters. The maximum Gasteiger partial charge on any atom is 0.343 e. The number of carbonyl (C=O) groups is 1. The molecule has 102 valence electrons. The summed E-state index contributed by atoms with van der Waals surface area (Å²) in [5.74, 6) is 0.565. The predicted molar refractivity (Wildman–Crippen MR) is 73.2 cm³/mol. The maximum atomic E-state index is 12.1. The van der Waals surface area contributed by atoms with Crippen molar-refractivity contribution in [3.8, 4) is 11.5 Å². The number of esters is 1. The van der Waals surface area contributed by atoms with Gasteiger partial charge in [-0.15, -0.1) is 0 Å². The SMILES string of the molecule is COc1ccc2c(c1OC)C(=O)OC2c1ccccc1. The zero-order valence-corrected chi connectivity index (χ0v) is 11.3. The fourth-order valence-electron chi connectivity index (χ4n) is 2.48. The molecule has 0 aliphatic carbocycles. The molecule has 3 rings (SSSR count). The van der Waals surface area contributed by atoms with Gasteiger partial charge in [0, 0.05) is 5.56 Å². The summed E-state index contributed by atoms with van der Waals surface area (Å²) in [5, 5.41) is 0. The molecule has 20 heavy (non-hydrogen) atoms. The Morgan fingerprint density at radius 3 is 2.40 bits per heavy atom. The first kappa shape index (κ1) is 12.5. The second-order valence-electron chi connectivity index (χ2n) is 4.46. The Kier molecular flexibility index (Phi) is 3.06. The molecule has 0 spiro atoms. The van der Waals surface area contributed by atoms with Crippen LogP contribution in [0.1, 0.15) is 27.6 Å². The third-order valence-corrected chi connectivity index (χ3v) is 3.39. The average molecular weight is 270 g/mol. The molecule has 1 heterocycles. The van der Waals surface area contributed by atoms with Crippen molar-refractivity contribution in [1.29, 1.82) is 0 Å². The lowest BCUT2D eigenvalue weighted by Gasteiger charge is -2.12. The fourth-order valence-corrected chi connectivity index (χ4v) is 2.48. The Labute approximate surface area is 116 Å². The van der Waals surface area contributed by atoms with Gasteiger partial charge in [0.25, 0.3) is 0 Å². The molecule has 4 heteroatoms. The van der Waals surface area contributed by atoms with E-state index in [0.29, 0.717) is 17.1 Å². The minimum atomic E-state index is -0.390. The minimum Gasteiger partial charge on any atom is -0.493 e. The van der Waals surface area contributed by atoms with Gasteiger partial charge in [0.05, 0.1) is 14.2 Å². The topological polar surface area (TPSA) is 44.8 Å². The summed E-state index contributed by atoms with van der Waals surface area (Å²) in [4.78, 5) is 12.1. The number of benzene rings is 2. The first-order chi connectivity index (χ1) is 9.76. The highest BCUT2D eigenvalue weighted by Crippen LogP contribution is 2.44. The zero-order valence-electron chi connectivity index (χ0n) is 11.3. The zero-order chi connectivity index (χ0) is 14.1. The highest BCUT2D eigenvalue weighted by atomic mass is 16.6. The molecular formula is C16H14O4. The van der Waals surface area contributed by atoms with E-state index in [0.717, 1.165) is 11.1 Å². The minimum absolute atomic E-state index is 0.385. The molecule has 1 aliphatic heterocycles. The molecule has 0 saturated heterocycles. The van der Waals surface area contributed by atoms with E-state index in [4.69, 9.17) is 14.2 Å². The number of cyclic esters (lactones) is 1. The lowest BCUT2D eigenvalue weighted by Crippen LogP contribution is -2.00. The number of hydrogen-bond donors (Lipinski definition) is 0. The molecule has 0 N–H and O–H groups in total. The number of rotatable bonds is 3. The van der Waals surface area contributed by atoms with E-state index >= 15 is 0 Å². The van der Waals surface area contributed by atoms with E-state index in [1.54, 1.807) is 13.2 Å². The van der Waals surface area contributed by atoms with Crippen LogP contribution in [0.2, 0.25) is 0 Å². The van der Waals surface area contributed by atoms with Gasteiger partial charge in [0.1, 0.15) is 5.56 Å². The summed E-state index contributed by atoms with van der Waals surface area (Å²) in [6.45, 7) is 0. The second kappa shape index (κ2) is 4.89. The van der Waals surface area contributed by atoms with Gasteiger partial charge in [-0.1, -0.05) is 36.4 Å². The predicted octanol–water partition coefficient (Wildman–Crippen LogP) is 2.96. The van der Waals surface area contributed by atoms with Gasteiger partial charge in [-0.05, 0) is 11.6 Å². The van der Waals surface area contributed by atoms with Gasteiger partial charge in [-0.2, -0.15) is 0 Å². The Hall–Kier alpha value is -2.49. The van der Waals surface area contributed by atoms with Crippen molar-refractivity contribution >= 4 is 5.97 Å². The van der Waals surface area contributed by atoms with Gasteiger partial charge in [0.2, 0.25) is 0 Å². The molecule has 2 aromatic carbocycles. The monoisotopic (exact) mass is 270 g/mol. The Morgan fingerprint density at radius 2 is 1.75 bits per heavy atom. The maximum absolute atomic E-state index is 12.1. The molecule has 4 nitrogen and oxygen atoms in total. The van der Waals surface area contributed by atoms with Crippen LogP contribution in [0.25, 0.3) is 0 Å². The Morgan fingerprint density at radius 1 is 1.00 bits per heavy atom. The first-order valence-corrected chi connectivity index (χ1v) is 6.27. The van der Waals surface area contributed by atoms with Crippen LogP contribution in [0.5, 0.6) is 11.5 Å². The highest BCUT2D eigenvalue weighted by molar-refractivity contribution is 5.98. The summed E-state index contributed by atoms with van der Waals surface area (Å²) < 4.78 is 16.0. The molecular weight excluding hydrogens is 256 g/mol. The van der Waals surface area contributed by atoms with Gasteiger partial charge >= 0.3 is 5.97 Å². The highest BCUT2D eigenvalue weighted by Gasteiger charge is 2.36. The number of methoxy groups -OCH3 is 2. The van der Waals surface area contributed by atoms with Crippen LogP contribution in [0.15, 0.2) is 42.5 Å². The van der Waals surface area contributed by atoms with Gasteiger partial charge < -0.3 is 14.2 Å². The number of ether oxygens (including phenoxy) is 3. The van der Waals surface area contributed by atoms with Crippen molar-refractivity contribution in [3.63, 3.8) is 0 Å². The van der Waals surface area contributed by atoms with Crippen LogP contribution in [0.4, 0.5) is 0 Å². The fraction of sp³-hybridized carbons (Fsp3) is 0.188. The lowest BCUT2D eigenvalue weighted by molar-refractivity contribution is 0.0453. The lowest BCUT2D eigenvalue weighted by atomic mass is 9.98. The summed E-state index contributed by atoms with van der Waals surface area (Å²) in [5.41, 5.74) is 2.19. The standard InChI is InChI=1S/C16H14O4/c1-18-12-9-8-11-13(15(12)19-2)16(17)20-14(11)10-6-4-3-5-7-10/h3-9,14H,1-2H3. The first-order valence-electron chi connectivity index (χ1n) is 6.27. The van der Waals surface area contributed by atoms with Gasteiger partial charge in [-0.3, -0.25) is 0 Å². The molecule has 0 fully saturated rings. The molecule has 0 aromatic heterocycles. The third kappa shape index (κ3) is 1.81. The van der Waals surface area contributed by atoms with Crippen LogP contribution in [-0.2, 0) is 4.74 Å². The average Bonchev–Trinajstić information content (AvgIpc) is 2.84. The summed E-state index contributed by atoms with van der Waals surface area (Å²) in [6.07, 6.45) is -0.390. The summed E-state index contributed by atoms with van der Waals surface area (Å²) in [7, 11) is 3.06. The van der Waals surface area contributed by atoms with Crippen LogP contribution in [0.3, 0.4) is 0 Å². The number of carbonyl (C=O) groups excluding carboxylic acids is 1. The van der Waals surface area contributed by atoms with Gasteiger partial charge in [-0.25, -0.2) is 4.79 Å². The molecule has 2 aromatic rings. The third-order valence-electron chi connectivity index (χ3n) is 3.39. The van der Waals surface area contributed by atoms with Crippen molar-refractivity contribution in [2.75, 3.05) is 14.2 Å². The van der Waals surface area contributed by atoms with E-state index in [1.807, 2.05) is 36.4 Å². The van der Waals surface area contributed by atoms with Crippen LogP contribution >= 0.6 is 0 Å². The van der Waals surface area contributed by atoms with E-state index in [-0.39, 0.29) is 5.97 Å². The summed E-state index contributed by atoms with van der Waals surface area (Å²) in [6, 6.07) is 13.3. The Bertz CT molecular complexity index is 649. The van der Waals surface area contributed by atoms with Crippen molar-refractivity contribution < 1.29 is 19.0 Å². The van der Waals surface area contributed by atoms with E-state index in [2.05, 4.69) is 0 Å². The van der Waals surface area contributed by atoms with Crippen molar-refractivity contribution in [2.24, 2.45) is 0 Å². The van der Waals surface area contributed by atoms with Crippen molar-refractivity contribution in [3.05, 3.63) is 59.2 Å². The second-order valence-corrected chi connectivity index (χ2v) is 4.46. The van der Waals surface area contributed by atoms with E-state index < -0.39 is 6.10 Å². The number of fused-ring (bicyclic) bond motifs is 1. The normalized spacial score (nSPS) is 16.5. The molecule has 0 bridgehead atoms. The smallest absolute Gasteiger partial charge is 0.343 e. The van der Waals surface area contributed by atoms with Crippen LogP contribution in [-0.4, -0.2) is 20.2 Å². The van der Waals surface area contributed by atoms with E-state index in [1.165, 1.54) is 7.11 Å². The van der Waals surface area contributed by atoms with Gasteiger partial charge in [0.15, 0.2) is 17.6 Å². The quantitative estimate of drug-likeness (QED) is 0.804. The molecule has 0 radical (unpaired) electrons. The van der Waals surface area contributed by atoms with Crippen LogP contribution < -0.4 is 9.47 Å². The summed E-state index contributed by atoms with van der Waals surface area (Å²) >= 11 is 0. The molecule has 0 saturated carbocycles. The largest absolute Gasteiger partial charge is 0.493 e. The van der Waals surface area contributed by atoms with Crippen LogP contribution in [0, 0.1) is 0 Å².